The first-order chi connectivity index (χ1) is 2.00. The molecule has 0 saturated carbocycles. The van der Waals surface area contributed by atoms with Crippen LogP contribution in [0.2, 0.25) is 0 Å². The summed E-state index contributed by atoms with van der Waals surface area (Å²) in [6.45, 7) is 0. The second kappa shape index (κ2) is 6.07. The maximum Gasteiger partial charge on any atom is 3.00 e. The van der Waals surface area contributed by atoms with Crippen LogP contribution in [0.5, 0.6) is 0 Å². The summed E-state index contributed by atoms with van der Waals surface area (Å²) in [5.41, 5.74) is 0. The van der Waals surface area contributed by atoms with Gasteiger partial charge in [-0.3, -0.25) is 0 Å². The molecule has 0 aromatic carbocycles. The van der Waals surface area contributed by atoms with E-state index in [1.807, 2.05) is 0 Å². The molecule has 0 heterocycles. The van der Waals surface area contributed by atoms with Crippen molar-refractivity contribution in [3.63, 3.8) is 0 Å². The zero-order valence-corrected chi connectivity index (χ0v) is 9.09. The van der Waals surface area contributed by atoms with E-state index >= 15 is 0 Å². The Labute approximate surface area is 83.1 Å². The first-order valence-electron chi connectivity index (χ1n) is 0.816. The molecular weight excluding hydrogens is 206 g/mol. The average molecular weight is 206 g/mol. The van der Waals surface area contributed by atoms with Gasteiger partial charge < -0.3 is 28.2 Å². The topological polar surface area (TPSA) is 92.2 Å². The second-order valence-corrected chi connectivity index (χ2v) is 1.50. The van der Waals surface area contributed by atoms with E-state index in [4.69, 9.17) is 19.2 Å². The summed E-state index contributed by atoms with van der Waals surface area (Å²) in [5, 5.41) is 0. The van der Waals surface area contributed by atoms with E-state index in [0.29, 0.717) is 0 Å². The molecular formula is NaO4SiZr. The molecule has 0 unspecified atom stereocenters. The maximum atomic E-state index is 8.58. The molecule has 0 amide bonds. The van der Waals surface area contributed by atoms with Gasteiger partial charge in [-0.25, -0.2) is 0 Å². The summed E-state index contributed by atoms with van der Waals surface area (Å²) in [7, 11) is -5.61. The molecule has 33 valence electrons. The molecule has 0 rings (SSSR count). The summed E-state index contributed by atoms with van der Waals surface area (Å²) < 4.78 is 0. The Morgan fingerprint density at radius 1 is 0.857 bits per heavy atom. The van der Waals surface area contributed by atoms with E-state index in [0.717, 1.165) is 0 Å². The number of hydrogen-bond acceptors (Lipinski definition) is 4. The van der Waals surface area contributed by atoms with E-state index in [9.17, 15) is 0 Å². The molecule has 0 aliphatic carbocycles. The Bertz CT molecular complexity index is 27.2. The minimum atomic E-state index is -5.61. The molecule has 0 bridgehead atoms. The van der Waals surface area contributed by atoms with Crippen molar-refractivity contribution in [2.45, 2.75) is 0 Å². The molecule has 1 radical (unpaired) electrons. The molecule has 7 heteroatoms. The second-order valence-electron chi connectivity index (χ2n) is 0.500. The van der Waals surface area contributed by atoms with Crippen LogP contribution in [-0.2, 0) is 26.2 Å². The molecule has 0 aromatic heterocycles. The fourth-order valence-corrected chi connectivity index (χ4v) is 0. The van der Waals surface area contributed by atoms with Crippen LogP contribution < -0.4 is 48.7 Å². The van der Waals surface area contributed by atoms with Crippen molar-refractivity contribution in [2.75, 3.05) is 0 Å². The Kier molecular flexibility index (Phi) is 13.8. The van der Waals surface area contributed by atoms with Gasteiger partial charge in [-0.15, -0.1) is 0 Å². The summed E-state index contributed by atoms with van der Waals surface area (Å²) in [5.74, 6) is 0. The minimum absolute atomic E-state index is 0. The smallest absolute Gasteiger partial charge is 0.894 e. The van der Waals surface area contributed by atoms with E-state index in [2.05, 4.69) is 0 Å². The Hall–Kier alpha value is 1.94. The molecule has 7 heavy (non-hydrogen) atoms. The molecule has 0 N–H and O–H groups in total. The fraction of sp³-hybridized carbons (Fsp3) is 0. The number of hydrogen-bond donors (Lipinski definition) is 0. The summed E-state index contributed by atoms with van der Waals surface area (Å²) in [6.07, 6.45) is 0. The summed E-state index contributed by atoms with van der Waals surface area (Å²) in [6, 6.07) is 0. The third kappa shape index (κ3) is 74.4. The maximum absolute atomic E-state index is 8.58. The van der Waals surface area contributed by atoms with Gasteiger partial charge in [0.25, 0.3) is 0 Å². The van der Waals surface area contributed by atoms with Gasteiger partial charge in [0.15, 0.2) is 0 Å². The van der Waals surface area contributed by atoms with E-state index in [1.54, 1.807) is 0 Å². The van der Waals surface area contributed by atoms with E-state index in [1.165, 1.54) is 0 Å². The van der Waals surface area contributed by atoms with Gasteiger partial charge in [-0.2, -0.15) is 0 Å². The molecule has 0 aromatic rings. The summed E-state index contributed by atoms with van der Waals surface area (Å²) in [4.78, 5) is 34.3. The van der Waals surface area contributed by atoms with Crippen LogP contribution in [0.4, 0.5) is 0 Å². The zero-order chi connectivity index (χ0) is 4.50. The van der Waals surface area contributed by atoms with Crippen molar-refractivity contribution in [3.8, 4) is 0 Å². The zero-order valence-electron chi connectivity index (χ0n) is 3.63. The predicted octanol–water partition coefficient (Wildman–Crippen LogP) is -8.14. The van der Waals surface area contributed by atoms with Gasteiger partial charge in [0.05, 0.1) is 0 Å². The fourth-order valence-electron chi connectivity index (χ4n) is 0. The largest absolute Gasteiger partial charge is 3.00 e. The quantitative estimate of drug-likeness (QED) is 0.368. The van der Waals surface area contributed by atoms with Crippen LogP contribution in [0.25, 0.3) is 0 Å². The molecule has 0 spiro atoms. The van der Waals surface area contributed by atoms with Crippen molar-refractivity contribution in [3.05, 3.63) is 0 Å². The monoisotopic (exact) mass is 205 g/mol. The molecule has 0 aliphatic heterocycles. The molecule has 0 saturated heterocycles. The van der Waals surface area contributed by atoms with Gasteiger partial charge in [-0.05, 0) is 0 Å². The van der Waals surface area contributed by atoms with Gasteiger partial charge in [0, 0.05) is 0 Å². The first-order valence-corrected chi connectivity index (χ1v) is 2.45. The van der Waals surface area contributed by atoms with Crippen molar-refractivity contribution >= 4 is 9.05 Å². The standard InChI is InChI=1S/Na.O4Si.Zr/c;1-5(2,3)4;/q+1;-4;+3. The van der Waals surface area contributed by atoms with Crippen molar-refractivity contribution < 1.29 is 74.9 Å². The SMILES string of the molecule is [Na+].[O-][Si]([O-])([O-])[O-].[Zr+3]. The van der Waals surface area contributed by atoms with E-state index < -0.39 is 9.05 Å². The van der Waals surface area contributed by atoms with Crippen molar-refractivity contribution in [1.29, 1.82) is 0 Å². The van der Waals surface area contributed by atoms with Gasteiger partial charge in [0.2, 0.25) is 0 Å². The van der Waals surface area contributed by atoms with Gasteiger partial charge in [-0.1, -0.05) is 0 Å². The Morgan fingerprint density at radius 3 is 0.857 bits per heavy atom. The molecule has 0 fully saturated rings. The van der Waals surface area contributed by atoms with Crippen LogP contribution in [0.3, 0.4) is 0 Å². The van der Waals surface area contributed by atoms with Crippen LogP contribution in [0, 0.1) is 0 Å². The van der Waals surface area contributed by atoms with Gasteiger partial charge in [0.1, 0.15) is 0 Å². The van der Waals surface area contributed by atoms with Crippen molar-refractivity contribution in [2.24, 2.45) is 0 Å². The normalized spacial score (nSPS) is 8.57. The molecule has 0 atom stereocenters. The van der Waals surface area contributed by atoms with Crippen LogP contribution in [0.15, 0.2) is 0 Å². The first kappa shape index (κ1) is 16.0. The van der Waals surface area contributed by atoms with Crippen molar-refractivity contribution in [1.82, 2.24) is 0 Å². The minimum Gasteiger partial charge on any atom is -0.894 e. The number of rotatable bonds is 0. The van der Waals surface area contributed by atoms with Gasteiger partial charge >= 0.3 is 55.8 Å². The third-order valence-corrected chi connectivity index (χ3v) is 0. The van der Waals surface area contributed by atoms with Crippen LogP contribution >= 0.6 is 0 Å². The molecule has 0 aliphatic rings. The Balaban J connectivity index is -0.0000000800. The average Bonchev–Trinajstić information content (AvgIpc) is 0.722. The summed E-state index contributed by atoms with van der Waals surface area (Å²) >= 11 is 0. The molecule has 4 nitrogen and oxygen atoms in total. The predicted molar refractivity (Wildman–Crippen MR) is 5.75 cm³/mol. The van der Waals surface area contributed by atoms with Crippen LogP contribution in [0.1, 0.15) is 0 Å². The third-order valence-electron chi connectivity index (χ3n) is 0. The van der Waals surface area contributed by atoms with E-state index in [-0.39, 0.29) is 55.8 Å². The van der Waals surface area contributed by atoms with Crippen LogP contribution in [-0.4, -0.2) is 9.05 Å². The Morgan fingerprint density at radius 2 is 0.857 bits per heavy atom.